The summed E-state index contributed by atoms with van der Waals surface area (Å²) >= 11 is 18.8. The first-order valence-corrected chi connectivity index (χ1v) is 10.9. The van der Waals surface area contributed by atoms with Crippen LogP contribution in [0.5, 0.6) is 5.75 Å². The molecule has 4 rings (SSSR count). The van der Waals surface area contributed by atoms with Crippen LogP contribution in [-0.2, 0) is 16.2 Å². The number of imide groups is 2. The van der Waals surface area contributed by atoms with Crippen molar-refractivity contribution in [2.45, 2.75) is 6.61 Å². The molecule has 172 valence electrons. The number of benzene rings is 3. The van der Waals surface area contributed by atoms with E-state index in [4.69, 9.17) is 39.5 Å². The van der Waals surface area contributed by atoms with Gasteiger partial charge in [0.2, 0.25) is 0 Å². The van der Waals surface area contributed by atoms with Gasteiger partial charge >= 0.3 is 6.03 Å². The van der Waals surface area contributed by atoms with Crippen LogP contribution >= 0.6 is 34.8 Å². The lowest BCUT2D eigenvalue weighted by Gasteiger charge is -2.26. The van der Waals surface area contributed by atoms with Crippen LogP contribution in [0, 0.1) is 5.82 Å². The molecule has 0 aliphatic carbocycles. The van der Waals surface area contributed by atoms with E-state index in [1.54, 1.807) is 18.2 Å². The number of carbonyl (C=O) groups excluding carboxylic acids is 3. The molecule has 0 aromatic heterocycles. The molecule has 0 bridgehead atoms. The Balaban J connectivity index is 1.61. The largest absolute Gasteiger partial charge is 0.486 e. The number of halogens is 4. The molecule has 3 aromatic rings. The molecule has 4 amide bonds. The van der Waals surface area contributed by atoms with Crippen LogP contribution in [0.15, 0.2) is 66.2 Å². The summed E-state index contributed by atoms with van der Waals surface area (Å²) in [6.45, 7) is 0.120. The Kier molecular flexibility index (Phi) is 6.88. The summed E-state index contributed by atoms with van der Waals surface area (Å²) in [7, 11) is 0. The first-order valence-electron chi connectivity index (χ1n) is 9.77. The monoisotopic (exact) mass is 518 g/mol. The van der Waals surface area contributed by atoms with Crippen molar-refractivity contribution in [1.29, 1.82) is 0 Å². The van der Waals surface area contributed by atoms with E-state index < -0.39 is 23.7 Å². The van der Waals surface area contributed by atoms with Crippen molar-refractivity contribution in [3.05, 3.63) is 98.2 Å². The molecular formula is C24H14Cl3FN2O4. The molecule has 0 spiro atoms. The summed E-state index contributed by atoms with van der Waals surface area (Å²) in [5.74, 6) is -2.11. The van der Waals surface area contributed by atoms with Gasteiger partial charge in [-0.05, 0) is 54.1 Å². The van der Waals surface area contributed by atoms with Gasteiger partial charge in [-0.3, -0.25) is 14.9 Å². The summed E-state index contributed by atoms with van der Waals surface area (Å²) in [6, 6.07) is 13.8. The molecule has 34 heavy (non-hydrogen) atoms. The van der Waals surface area contributed by atoms with Gasteiger partial charge in [-0.1, -0.05) is 53.0 Å². The predicted molar refractivity (Wildman–Crippen MR) is 128 cm³/mol. The minimum absolute atomic E-state index is 0.0988. The van der Waals surface area contributed by atoms with E-state index in [1.165, 1.54) is 30.3 Å². The number of hydrogen-bond acceptors (Lipinski definition) is 4. The molecule has 1 fully saturated rings. The second-order valence-corrected chi connectivity index (χ2v) is 8.35. The lowest BCUT2D eigenvalue weighted by molar-refractivity contribution is -0.122. The molecule has 10 heteroatoms. The van der Waals surface area contributed by atoms with Crippen molar-refractivity contribution >= 4 is 64.4 Å². The molecule has 6 nitrogen and oxygen atoms in total. The van der Waals surface area contributed by atoms with Gasteiger partial charge in [-0.2, -0.15) is 0 Å². The van der Waals surface area contributed by atoms with Crippen molar-refractivity contribution in [3.63, 3.8) is 0 Å². The fourth-order valence-electron chi connectivity index (χ4n) is 3.21. The van der Waals surface area contributed by atoms with Gasteiger partial charge in [0.1, 0.15) is 18.0 Å². The normalized spacial score (nSPS) is 15.0. The lowest BCUT2D eigenvalue weighted by Crippen LogP contribution is -2.54. The summed E-state index contributed by atoms with van der Waals surface area (Å²) in [6.07, 6.45) is 1.25. The zero-order chi connectivity index (χ0) is 24.4. The van der Waals surface area contributed by atoms with Gasteiger partial charge in [0.15, 0.2) is 5.75 Å². The third kappa shape index (κ3) is 4.92. The van der Waals surface area contributed by atoms with Gasteiger partial charge in [-0.25, -0.2) is 14.1 Å². The minimum atomic E-state index is -0.946. The molecule has 0 atom stereocenters. The number of anilines is 1. The average molecular weight is 520 g/mol. The Morgan fingerprint density at radius 2 is 1.56 bits per heavy atom. The number of nitrogens with one attached hydrogen (secondary N) is 1. The van der Waals surface area contributed by atoms with Crippen molar-refractivity contribution in [1.82, 2.24) is 5.32 Å². The summed E-state index contributed by atoms with van der Waals surface area (Å²) < 4.78 is 19.0. The molecule has 1 aliphatic heterocycles. The van der Waals surface area contributed by atoms with Crippen LogP contribution in [0.2, 0.25) is 15.1 Å². The standard InChI is InChI=1S/C24H14Cl3FN2O4/c25-18-4-2-1-3-14(18)12-34-21-19(26)10-13(11-20(21)27)9-17-22(31)29-24(33)30(23(17)32)16-7-5-15(28)6-8-16/h1-11H,12H2,(H,29,31,33)/b17-9-. The van der Waals surface area contributed by atoms with E-state index in [0.29, 0.717) is 10.6 Å². The number of ether oxygens (including phenoxy) is 1. The Hall–Kier alpha value is -3.39. The maximum Gasteiger partial charge on any atom is 0.335 e. The Bertz CT molecular complexity index is 1320. The van der Waals surface area contributed by atoms with Crippen LogP contribution in [0.3, 0.4) is 0 Å². The average Bonchev–Trinajstić information content (AvgIpc) is 2.78. The van der Waals surface area contributed by atoms with Gasteiger partial charge in [0.05, 0.1) is 15.7 Å². The second-order valence-electron chi connectivity index (χ2n) is 7.13. The Morgan fingerprint density at radius 1 is 0.912 bits per heavy atom. The number of rotatable bonds is 5. The number of barbiturate groups is 1. The van der Waals surface area contributed by atoms with Crippen LogP contribution in [0.4, 0.5) is 14.9 Å². The highest BCUT2D eigenvalue weighted by Gasteiger charge is 2.36. The third-order valence-electron chi connectivity index (χ3n) is 4.85. The van der Waals surface area contributed by atoms with E-state index in [9.17, 15) is 18.8 Å². The van der Waals surface area contributed by atoms with Crippen molar-refractivity contribution in [2.24, 2.45) is 0 Å². The van der Waals surface area contributed by atoms with E-state index >= 15 is 0 Å². The number of carbonyl (C=O) groups is 3. The smallest absolute Gasteiger partial charge is 0.335 e. The van der Waals surface area contributed by atoms with Gasteiger partial charge in [-0.15, -0.1) is 0 Å². The highest BCUT2D eigenvalue weighted by atomic mass is 35.5. The first-order chi connectivity index (χ1) is 16.2. The molecule has 3 aromatic carbocycles. The van der Waals surface area contributed by atoms with Gasteiger partial charge < -0.3 is 4.74 Å². The minimum Gasteiger partial charge on any atom is -0.486 e. The molecular weight excluding hydrogens is 506 g/mol. The van der Waals surface area contributed by atoms with E-state index in [0.717, 1.165) is 22.6 Å². The fourth-order valence-corrected chi connectivity index (χ4v) is 4.02. The molecule has 1 aliphatic rings. The molecule has 1 saturated heterocycles. The highest BCUT2D eigenvalue weighted by Crippen LogP contribution is 2.36. The maximum absolute atomic E-state index is 13.2. The Morgan fingerprint density at radius 3 is 2.21 bits per heavy atom. The van der Waals surface area contributed by atoms with Gasteiger partial charge in [0, 0.05) is 10.6 Å². The summed E-state index contributed by atoms with van der Waals surface area (Å²) in [5.41, 5.74) is 0.826. The third-order valence-corrected chi connectivity index (χ3v) is 5.78. The van der Waals surface area contributed by atoms with Crippen LogP contribution < -0.4 is 15.0 Å². The molecule has 1 heterocycles. The summed E-state index contributed by atoms with van der Waals surface area (Å²) in [5, 5.41) is 2.90. The summed E-state index contributed by atoms with van der Waals surface area (Å²) in [4.78, 5) is 38.3. The number of amides is 4. The first kappa shape index (κ1) is 23.8. The maximum atomic E-state index is 13.2. The zero-order valence-corrected chi connectivity index (χ0v) is 19.4. The quantitative estimate of drug-likeness (QED) is 0.330. The fraction of sp³-hybridized carbons (Fsp3) is 0.0417. The zero-order valence-electron chi connectivity index (χ0n) is 17.2. The number of hydrogen-bond donors (Lipinski definition) is 1. The van der Waals surface area contributed by atoms with E-state index in [-0.39, 0.29) is 33.7 Å². The van der Waals surface area contributed by atoms with Crippen molar-refractivity contribution in [3.8, 4) is 5.75 Å². The van der Waals surface area contributed by atoms with E-state index in [1.807, 2.05) is 6.07 Å². The van der Waals surface area contributed by atoms with Crippen LogP contribution in [-0.4, -0.2) is 17.8 Å². The Labute approximate surface area is 208 Å². The van der Waals surface area contributed by atoms with E-state index in [2.05, 4.69) is 5.32 Å². The van der Waals surface area contributed by atoms with Gasteiger partial charge in [0.25, 0.3) is 11.8 Å². The SMILES string of the molecule is O=C1NC(=O)N(c2ccc(F)cc2)C(=O)/C1=C\c1cc(Cl)c(OCc2ccccc2Cl)c(Cl)c1. The topological polar surface area (TPSA) is 75.7 Å². The lowest BCUT2D eigenvalue weighted by atomic mass is 10.1. The van der Waals surface area contributed by atoms with Crippen molar-refractivity contribution in [2.75, 3.05) is 4.90 Å². The predicted octanol–water partition coefficient (Wildman–Crippen LogP) is 6.03. The second kappa shape index (κ2) is 9.85. The molecule has 0 unspecified atom stereocenters. The molecule has 0 saturated carbocycles. The van der Waals surface area contributed by atoms with Crippen LogP contribution in [0.1, 0.15) is 11.1 Å². The molecule has 1 N–H and O–H groups in total. The highest BCUT2D eigenvalue weighted by molar-refractivity contribution is 6.40. The van der Waals surface area contributed by atoms with Crippen LogP contribution in [0.25, 0.3) is 6.08 Å². The number of urea groups is 1. The molecule has 0 radical (unpaired) electrons. The number of nitrogens with zero attached hydrogens (tertiary/aromatic N) is 1. The van der Waals surface area contributed by atoms with Crippen molar-refractivity contribution < 1.29 is 23.5 Å².